The fourth-order valence-corrected chi connectivity index (χ4v) is 1.06. The maximum absolute atomic E-state index is 9.96. The highest BCUT2D eigenvalue weighted by Crippen LogP contribution is 2.30. The van der Waals surface area contributed by atoms with Crippen LogP contribution in [0, 0.1) is 0 Å². The molecule has 10 nitrogen and oxygen atoms in total. The van der Waals surface area contributed by atoms with Gasteiger partial charge in [0.1, 0.15) is 0 Å². The first-order chi connectivity index (χ1) is 7.65. The van der Waals surface area contributed by atoms with Crippen LogP contribution in [0.15, 0.2) is 0 Å². The lowest BCUT2D eigenvalue weighted by molar-refractivity contribution is -0.141. The first-order valence-corrected chi connectivity index (χ1v) is 6.03. The summed E-state index contributed by atoms with van der Waals surface area (Å²) in [4.78, 5) is 36.4. The van der Waals surface area contributed by atoms with E-state index in [-0.39, 0.29) is 13.1 Å². The van der Waals surface area contributed by atoms with E-state index in [0.29, 0.717) is 0 Å². The zero-order valence-corrected chi connectivity index (χ0v) is 10.4. The molecule has 98 valence electrons. The van der Waals surface area contributed by atoms with Crippen LogP contribution in [-0.2, 0) is 23.0 Å². The maximum Gasteiger partial charge on any atom is 0.745 e. The monoisotopic (exact) mass is 291 g/mol. The minimum absolute atomic E-state index is 0.244. The van der Waals surface area contributed by atoms with Gasteiger partial charge in [0.2, 0.25) is 0 Å². The molecule has 0 saturated carbocycles. The number of hydrogen-bond acceptors (Lipinski definition) is 6. The van der Waals surface area contributed by atoms with Crippen molar-refractivity contribution in [1.82, 2.24) is 4.90 Å². The first kappa shape index (κ1) is 18.3. The van der Waals surface area contributed by atoms with Crippen molar-refractivity contribution in [2.45, 2.75) is 0 Å². The molecule has 0 bridgehead atoms. The molecule has 0 aromatic rings. The van der Waals surface area contributed by atoms with Crippen LogP contribution in [0.5, 0.6) is 0 Å². The van der Waals surface area contributed by atoms with E-state index in [2.05, 4.69) is 4.31 Å². The summed E-state index contributed by atoms with van der Waals surface area (Å²) in [6, 6.07) is 0. The molecule has 0 rings (SSSR count). The molecule has 0 aliphatic carbocycles. The van der Waals surface area contributed by atoms with E-state index in [1.165, 1.54) is 11.9 Å². The second kappa shape index (κ2) is 10.2. The van der Waals surface area contributed by atoms with Gasteiger partial charge >= 0.3 is 28.4 Å². The normalized spacial score (nSPS) is 11.3. The third-order valence-electron chi connectivity index (χ3n) is 0.950. The van der Waals surface area contributed by atoms with E-state index >= 15 is 0 Å². The lowest BCUT2D eigenvalue weighted by atomic mass is 10.5. The second-order valence-electron chi connectivity index (χ2n) is 2.52. The third-order valence-corrected chi connectivity index (χ3v) is 2.07. The summed E-state index contributed by atoms with van der Waals surface area (Å²) in [5.41, 5.74) is 0. The average Bonchev–Trinajstić information content (AvgIpc) is 1.97. The summed E-state index contributed by atoms with van der Waals surface area (Å²) in [6.07, 6.45) is 0. The van der Waals surface area contributed by atoms with Crippen molar-refractivity contribution in [2.75, 3.05) is 20.1 Å². The van der Waals surface area contributed by atoms with Crippen molar-refractivity contribution >= 4 is 28.4 Å². The van der Waals surface area contributed by atoms with Gasteiger partial charge in [-0.1, -0.05) is 0 Å². The zero-order valence-electron chi connectivity index (χ0n) is 8.59. The molecule has 0 aliphatic rings. The summed E-state index contributed by atoms with van der Waals surface area (Å²) in [7, 11) is -4.41. The van der Waals surface area contributed by atoms with Crippen LogP contribution in [0.2, 0.25) is 0 Å². The van der Waals surface area contributed by atoms with Crippen molar-refractivity contribution < 1.29 is 43.0 Å². The van der Waals surface area contributed by atoms with Gasteiger partial charge in [0, 0.05) is 9.13 Å². The number of aliphatic carboxylic acids is 2. The van der Waals surface area contributed by atoms with Gasteiger partial charge in [-0.15, -0.1) is 9.79 Å². The standard InChI is InChI=1S/C5H9NO4.O5P2/c1-6(2-4(7)8)3-5(9)10;1-6(2)5-7(3)4/h2-3H2,1H3,(H,7,8)(H,9,10);/p+2. The molecule has 12 heteroatoms. The van der Waals surface area contributed by atoms with Crippen molar-refractivity contribution in [3.05, 3.63) is 0 Å². The van der Waals surface area contributed by atoms with Crippen LogP contribution >= 0.6 is 16.5 Å². The van der Waals surface area contributed by atoms with Crippen LogP contribution in [0.1, 0.15) is 0 Å². The Hall–Kier alpha value is -1.02. The number of carbonyl (C=O) groups is 2. The van der Waals surface area contributed by atoms with E-state index in [4.69, 9.17) is 20.0 Å². The van der Waals surface area contributed by atoms with E-state index in [1.54, 1.807) is 0 Å². The fraction of sp³-hybridized carbons (Fsp3) is 0.600. The van der Waals surface area contributed by atoms with Crippen LogP contribution in [-0.4, -0.2) is 57.0 Å². The first-order valence-electron chi connectivity index (χ1n) is 3.77. The molecule has 2 unspecified atom stereocenters. The molecule has 0 spiro atoms. The number of nitrogens with zero attached hydrogens (tertiary/aromatic N) is 1. The predicted molar refractivity (Wildman–Crippen MR) is 53.5 cm³/mol. The Morgan fingerprint density at radius 2 is 1.35 bits per heavy atom. The highest BCUT2D eigenvalue weighted by Gasteiger charge is 2.31. The van der Waals surface area contributed by atoms with E-state index in [0.717, 1.165) is 0 Å². The van der Waals surface area contributed by atoms with Crippen molar-refractivity contribution in [2.24, 2.45) is 0 Å². The van der Waals surface area contributed by atoms with Crippen LogP contribution in [0.3, 0.4) is 0 Å². The molecule has 0 aromatic heterocycles. The molecule has 0 fully saturated rings. The summed E-state index contributed by atoms with van der Waals surface area (Å²) < 4.78 is 22.2. The molecule has 0 saturated heterocycles. The van der Waals surface area contributed by atoms with Gasteiger partial charge in [0.05, 0.1) is 13.1 Å². The molecular formula is C5H11NO9P2+2. The summed E-state index contributed by atoms with van der Waals surface area (Å²) in [6.45, 7) is -0.488. The Morgan fingerprint density at radius 3 is 1.47 bits per heavy atom. The lowest BCUT2D eigenvalue weighted by Gasteiger charge is -2.08. The topological polar surface area (TPSA) is 162 Å². The molecule has 0 amide bonds. The van der Waals surface area contributed by atoms with Gasteiger partial charge in [-0.05, 0) is 7.05 Å². The number of likely N-dealkylation sites (N-methyl/N-ethyl adjacent to an activating group) is 1. The highest BCUT2D eigenvalue weighted by molar-refractivity contribution is 7.46. The van der Waals surface area contributed by atoms with Crippen molar-refractivity contribution in [1.29, 1.82) is 0 Å². The van der Waals surface area contributed by atoms with Gasteiger partial charge in [-0.3, -0.25) is 14.5 Å². The smallest absolute Gasteiger partial charge is 0.480 e. The van der Waals surface area contributed by atoms with Gasteiger partial charge < -0.3 is 10.2 Å². The second-order valence-corrected chi connectivity index (χ2v) is 4.12. The fourth-order valence-electron chi connectivity index (χ4n) is 0.577. The molecule has 4 N–H and O–H groups in total. The van der Waals surface area contributed by atoms with Crippen LogP contribution < -0.4 is 0 Å². The Balaban J connectivity index is 0. The molecule has 0 heterocycles. The molecule has 0 aliphatic heterocycles. The quantitative estimate of drug-likeness (QED) is 0.464. The molecule has 0 radical (unpaired) electrons. The Bertz CT molecular complexity index is 278. The predicted octanol–water partition coefficient (Wildman–Crippen LogP) is -0.610. The van der Waals surface area contributed by atoms with E-state index in [1.807, 2.05) is 0 Å². The van der Waals surface area contributed by atoms with Crippen LogP contribution in [0.25, 0.3) is 0 Å². The van der Waals surface area contributed by atoms with Gasteiger partial charge in [-0.25, -0.2) is 0 Å². The molecule has 17 heavy (non-hydrogen) atoms. The van der Waals surface area contributed by atoms with Crippen LogP contribution in [0.4, 0.5) is 0 Å². The largest absolute Gasteiger partial charge is 0.745 e. The van der Waals surface area contributed by atoms with Gasteiger partial charge in [-0.2, -0.15) is 0 Å². The van der Waals surface area contributed by atoms with E-state index < -0.39 is 28.4 Å². The van der Waals surface area contributed by atoms with E-state index in [9.17, 15) is 18.7 Å². The summed E-state index contributed by atoms with van der Waals surface area (Å²) >= 11 is 0. The molecule has 0 aromatic carbocycles. The number of carboxylic acids is 2. The third kappa shape index (κ3) is 20.9. The number of hydrogen-bond donors (Lipinski definition) is 4. The minimum atomic E-state index is -2.92. The molecule has 2 atom stereocenters. The minimum Gasteiger partial charge on any atom is -0.480 e. The van der Waals surface area contributed by atoms with Crippen molar-refractivity contribution in [3.8, 4) is 0 Å². The SMILES string of the molecule is CN(CC(=O)O)CC(=O)O.O=[P+](O)O[P+](=O)O. The highest BCUT2D eigenvalue weighted by atomic mass is 31.2. The Kier molecular flexibility index (Phi) is 11.0. The van der Waals surface area contributed by atoms with Crippen molar-refractivity contribution in [3.63, 3.8) is 0 Å². The zero-order chi connectivity index (χ0) is 14.0. The average molecular weight is 291 g/mol. The lowest BCUT2D eigenvalue weighted by Crippen LogP contribution is -2.30. The van der Waals surface area contributed by atoms with Gasteiger partial charge in [0.15, 0.2) is 4.31 Å². The number of rotatable bonds is 6. The summed E-state index contributed by atoms with van der Waals surface area (Å²) in [5.74, 6) is -2.05. The Labute approximate surface area is 97.3 Å². The number of carboxylic acid groups (broad SMARTS) is 2. The maximum atomic E-state index is 9.96. The molecular weight excluding hydrogens is 280 g/mol. The summed E-state index contributed by atoms with van der Waals surface area (Å²) in [5, 5.41) is 16.3. The Morgan fingerprint density at radius 1 is 1.06 bits per heavy atom. The van der Waals surface area contributed by atoms with Gasteiger partial charge in [0.25, 0.3) is 0 Å².